The molecule has 55 heavy (non-hydrogen) atoms. The lowest BCUT2D eigenvalue weighted by Crippen LogP contribution is -2.19. The van der Waals surface area contributed by atoms with Crippen LogP contribution in [0.1, 0.15) is 66.4 Å². The maximum atomic E-state index is 14.3. The van der Waals surface area contributed by atoms with E-state index >= 15 is 0 Å². The summed E-state index contributed by atoms with van der Waals surface area (Å²) >= 11 is 12.9. The Morgan fingerprint density at radius 1 is 0.655 bits per heavy atom. The maximum Gasteiger partial charge on any atom is 0.333 e. The van der Waals surface area contributed by atoms with Crippen LogP contribution in [0.2, 0.25) is 10.0 Å². The van der Waals surface area contributed by atoms with E-state index in [0.717, 1.165) is 0 Å². The number of aldehydes is 2. The quantitative estimate of drug-likeness (QED) is 0.0664. The van der Waals surface area contributed by atoms with Gasteiger partial charge in [-0.1, -0.05) is 60.6 Å². The van der Waals surface area contributed by atoms with Crippen molar-refractivity contribution < 1.29 is 46.7 Å². The molecular formula is C40H34Cl2N2O10S. The predicted molar refractivity (Wildman–Crippen MR) is 207 cm³/mol. The van der Waals surface area contributed by atoms with Crippen molar-refractivity contribution in [3.8, 4) is 0 Å². The largest absolute Gasteiger partial charge is 0.462 e. The first-order chi connectivity index (χ1) is 26.1. The van der Waals surface area contributed by atoms with Crippen LogP contribution in [0.15, 0.2) is 107 Å². The fourth-order valence-electron chi connectivity index (χ4n) is 5.09. The lowest BCUT2D eigenvalue weighted by molar-refractivity contribution is -0.139. The molecule has 0 aliphatic heterocycles. The Morgan fingerprint density at radius 2 is 1.04 bits per heavy atom. The van der Waals surface area contributed by atoms with E-state index in [9.17, 15) is 37.2 Å². The molecule has 0 aliphatic rings. The van der Waals surface area contributed by atoms with Crippen LogP contribution in [0.3, 0.4) is 0 Å². The molecule has 0 spiro atoms. The summed E-state index contributed by atoms with van der Waals surface area (Å²) in [5, 5.41) is 4.69. The number of amides is 2. The second-order valence-electron chi connectivity index (χ2n) is 12.0. The lowest BCUT2D eigenvalue weighted by atomic mass is 10.0. The molecule has 0 saturated carbocycles. The highest BCUT2D eigenvalue weighted by molar-refractivity contribution is 7.91. The zero-order chi connectivity index (χ0) is 40.4. The minimum absolute atomic E-state index is 0.00320. The number of esters is 2. The minimum Gasteiger partial charge on any atom is -0.462 e. The third kappa shape index (κ3) is 10.2. The number of sulfone groups is 1. The van der Waals surface area contributed by atoms with Crippen LogP contribution < -0.4 is 10.6 Å². The predicted octanol–water partition coefficient (Wildman–Crippen LogP) is 7.28. The molecule has 0 fully saturated rings. The first-order valence-electron chi connectivity index (χ1n) is 16.3. The minimum atomic E-state index is -4.63. The summed E-state index contributed by atoms with van der Waals surface area (Å²) in [7, 11) is -4.63. The highest BCUT2D eigenvalue weighted by Crippen LogP contribution is 2.39. The van der Waals surface area contributed by atoms with Gasteiger partial charge in [-0.2, -0.15) is 0 Å². The van der Waals surface area contributed by atoms with Crippen LogP contribution in [-0.2, 0) is 41.7 Å². The zero-order valence-corrected chi connectivity index (χ0v) is 31.9. The Bertz CT molecular complexity index is 2200. The second kappa shape index (κ2) is 18.4. The van der Waals surface area contributed by atoms with E-state index in [1.54, 1.807) is 12.1 Å². The van der Waals surface area contributed by atoms with Crippen molar-refractivity contribution in [1.82, 2.24) is 0 Å². The summed E-state index contributed by atoms with van der Waals surface area (Å²) in [6.45, 7) is 10.0. The molecule has 4 aromatic rings. The number of anilines is 2. The Morgan fingerprint density at radius 3 is 1.38 bits per heavy atom. The number of halogens is 2. The molecule has 0 saturated heterocycles. The van der Waals surface area contributed by atoms with E-state index in [-0.39, 0.29) is 80.9 Å². The van der Waals surface area contributed by atoms with Gasteiger partial charge in [0.05, 0.1) is 55.6 Å². The molecule has 4 rings (SSSR count). The van der Waals surface area contributed by atoms with Crippen LogP contribution >= 0.6 is 23.2 Å². The number of hydrogen-bond donors (Lipinski definition) is 2. The topological polar surface area (TPSA) is 179 Å². The van der Waals surface area contributed by atoms with Crippen LogP contribution in [0.5, 0.6) is 0 Å². The highest BCUT2D eigenvalue weighted by atomic mass is 35.5. The summed E-state index contributed by atoms with van der Waals surface area (Å²) in [4.78, 5) is 73.5. The number of benzene rings is 4. The first kappa shape index (κ1) is 41.9. The van der Waals surface area contributed by atoms with E-state index in [0.29, 0.717) is 23.7 Å². The molecule has 4 aromatic carbocycles. The highest BCUT2D eigenvalue weighted by Gasteiger charge is 2.29. The van der Waals surface area contributed by atoms with Crippen LogP contribution in [-0.4, -0.2) is 58.0 Å². The summed E-state index contributed by atoms with van der Waals surface area (Å²) in [6.07, 6.45) is 1.39. The number of carbonyl (C=O) groups is 6. The van der Waals surface area contributed by atoms with Gasteiger partial charge < -0.3 is 20.1 Å². The second-order valence-corrected chi connectivity index (χ2v) is 14.7. The number of carbonyl (C=O) groups excluding carboxylic acids is 6. The van der Waals surface area contributed by atoms with E-state index in [1.165, 1.54) is 74.5 Å². The van der Waals surface area contributed by atoms with Crippen LogP contribution in [0.4, 0.5) is 11.4 Å². The van der Waals surface area contributed by atoms with Gasteiger partial charge >= 0.3 is 11.9 Å². The Balaban J connectivity index is 1.62. The molecule has 12 nitrogen and oxygen atoms in total. The average Bonchev–Trinajstić information content (AvgIpc) is 3.15. The van der Waals surface area contributed by atoms with Gasteiger partial charge in [-0.05, 0) is 73.5 Å². The molecule has 0 radical (unpaired) electrons. The van der Waals surface area contributed by atoms with Gasteiger partial charge in [0.15, 0.2) is 12.6 Å². The lowest BCUT2D eigenvalue weighted by Gasteiger charge is -2.18. The van der Waals surface area contributed by atoms with E-state index in [2.05, 4.69) is 23.8 Å². The molecule has 2 N–H and O–H groups in total. The number of para-hydroxylation sites is 2. The Kier molecular flexibility index (Phi) is 14.0. The number of ether oxygens (including phenoxy) is 2. The van der Waals surface area contributed by atoms with Crippen molar-refractivity contribution in [3.63, 3.8) is 0 Å². The molecule has 0 unspecified atom stereocenters. The van der Waals surface area contributed by atoms with Crippen LogP contribution in [0, 0.1) is 0 Å². The normalized spacial score (nSPS) is 10.8. The van der Waals surface area contributed by atoms with Gasteiger partial charge in [0.25, 0.3) is 11.8 Å². The summed E-state index contributed by atoms with van der Waals surface area (Å²) in [5.41, 5.74) is 0.766. The van der Waals surface area contributed by atoms with Crippen molar-refractivity contribution >= 4 is 80.7 Å². The van der Waals surface area contributed by atoms with E-state index in [1.807, 2.05) is 0 Å². The van der Waals surface area contributed by atoms with Crippen molar-refractivity contribution in [2.24, 2.45) is 0 Å². The van der Waals surface area contributed by atoms with Gasteiger partial charge in [-0.25, -0.2) is 18.0 Å². The maximum absolute atomic E-state index is 14.3. The number of rotatable bonds is 16. The summed E-state index contributed by atoms with van der Waals surface area (Å²) in [6, 6.07) is 16.5. The molecule has 15 heteroatoms. The SMILES string of the molecule is C=C(C)C(=O)OCCc1ccc(C(=O)Nc2c(Cl)cccc2S(=O)(=O)c2cccc(Cl)c2NC(=O)c2ccc(CCOC(=O)C(=C)C)cc2C=O)c(C=O)c1. The van der Waals surface area contributed by atoms with E-state index < -0.39 is 43.4 Å². The van der Waals surface area contributed by atoms with Gasteiger partial charge in [0, 0.05) is 35.1 Å². The van der Waals surface area contributed by atoms with Crippen molar-refractivity contribution in [3.05, 3.63) is 141 Å². The van der Waals surface area contributed by atoms with Crippen molar-refractivity contribution in [2.75, 3.05) is 23.8 Å². The average molecular weight is 806 g/mol. The third-order valence-corrected chi connectivity index (χ3v) is 10.4. The Labute approximate surface area is 327 Å². The molecular weight excluding hydrogens is 771 g/mol. The molecule has 284 valence electrons. The zero-order valence-electron chi connectivity index (χ0n) is 29.6. The van der Waals surface area contributed by atoms with Crippen molar-refractivity contribution in [2.45, 2.75) is 36.5 Å². The fourth-order valence-corrected chi connectivity index (χ4v) is 7.26. The summed E-state index contributed by atoms with van der Waals surface area (Å²) < 4.78 is 38.8. The first-order valence-corrected chi connectivity index (χ1v) is 18.6. The Hall–Kier alpha value is -5.89. The smallest absolute Gasteiger partial charge is 0.333 e. The monoisotopic (exact) mass is 804 g/mol. The van der Waals surface area contributed by atoms with Gasteiger partial charge in [-0.15, -0.1) is 0 Å². The van der Waals surface area contributed by atoms with E-state index in [4.69, 9.17) is 32.7 Å². The molecule has 0 atom stereocenters. The standard InChI is InChI=1S/C40H34Cl2N2O10S/c1-23(2)39(49)53-17-15-25-11-13-29(27(19-25)21-45)37(47)43-35-31(41)7-5-9-33(35)55(51,52)34-10-6-8-32(42)36(34)44-38(48)30-14-12-26(20-28(30)22-46)16-18-54-40(50)24(3)4/h5-14,19-22H,1,3,15-18H2,2,4H3,(H,43,47)(H,44,48). The molecule has 0 aromatic heterocycles. The fraction of sp³-hybridized carbons (Fsp3) is 0.150. The number of hydrogen-bond acceptors (Lipinski definition) is 10. The molecule has 2 amide bonds. The van der Waals surface area contributed by atoms with Gasteiger partial charge in [-0.3, -0.25) is 19.2 Å². The third-order valence-electron chi connectivity index (χ3n) is 7.93. The van der Waals surface area contributed by atoms with Crippen molar-refractivity contribution in [1.29, 1.82) is 0 Å². The molecule has 0 heterocycles. The van der Waals surface area contributed by atoms with Gasteiger partial charge in [0.2, 0.25) is 9.84 Å². The summed E-state index contributed by atoms with van der Waals surface area (Å²) in [5.74, 6) is -2.85. The number of nitrogens with one attached hydrogen (secondary N) is 2. The van der Waals surface area contributed by atoms with Crippen LogP contribution in [0.25, 0.3) is 0 Å². The van der Waals surface area contributed by atoms with Gasteiger partial charge in [0.1, 0.15) is 0 Å². The molecule has 0 bridgehead atoms. The molecule has 0 aliphatic carbocycles.